The molecule has 2 amide bonds. The summed E-state index contributed by atoms with van der Waals surface area (Å²) in [4.78, 5) is 29.1. The number of carbonyl (C=O) groups excluding carboxylic acids is 2. The molecule has 0 radical (unpaired) electrons. The second-order valence-electron chi connectivity index (χ2n) is 7.41. The molecule has 0 fully saturated rings. The molecule has 0 saturated heterocycles. The molecule has 0 aliphatic carbocycles. The van der Waals surface area contributed by atoms with Crippen LogP contribution in [-0.2, 0) is 30.8 Å². The average molecular weight is 508 g/mol. The van der Waals surface area contributed by atoms with Crippen molar-refractivity contribution < 1.29 is 32.2 Å². The third-order valence-corrected chi connectivity index (χ3v) is 5.71. The highest BCUT2D eigenvalue weighted by Crippen LogP contribution is 2.27. The van der Waals surface area contributed by atoms with Gasteiger partial charge in [-0.3, -0.25) is 14.9 Å². The number of hydrogen-bond acceptors (Lipinski definition) is 8. The zero-order valence-electron chi connectivity index (χ0n) is 19.8. The maximum absolute atomic E-state index is 12.8. The lowest BCUT2D eigenvalue weighted by Crippen LogP contribution is -2.41. The Hall–Kier alpha value is -3.68. The van der Waals surface area contributed by atoms with Crippen LogP contribution in [0.2, 0.25) is 0 Å². The molecule has 0 saturated carbocycles. The smallest absolute Gasteiger partial charge is 0.251 e. The fourth-order valence-corrected chi connectivity index (χ4v) is 3.56. The van der Waals surface area contributed by atoms with Crippen molar-refractivity contribution >= 4 is 33.5 Å². The molecular weight excluding hydrogens is 478 g/mol. The summed E-state index contributed by atoms with van der Waals surface area (Å²) in [5.41, 5.74) is 7.32. The molecule has 0 aliphatic rings. The molecule has 2 aromatic carbocycles. The van der Waals surface area contributed by atoms with Gasteiger partial charge < -0.3 is 25.3 Å². The summed E-state index contributed by atoms with van der Waals surface area (Å²) in [5, 5.41) is 10.2. The van der Waals surface area contributed by atoms with Gasteiger partial charge in [-0.15, -0.1) is 0 Å². The maximum atomic E-state index is 12.8. The van der Waals surface area contributed by atoms with E-state index in [0.29, 0.717) is 22.6 Å². The Labute approximate surface area is 203 Å². The number of aliphatic imine (C=N–C) groups is 1. The molecule has 12 nitrogen and oxygen atoms in total. The second-order valence-corrected chi connectivity index (χ2v) is 8.97. The van der Waals surface area contributed by atoms with Crippen LogP contribution in [0.4, 0.5) is 5.69 Å². The number of carbonyl (C=O) groups is 2. The Morgan fingerprint density at radius 2 is 1.74 bits per heavy atom. The largest absolute Gasteiger partial charge is 0.493 e. The van der Waals surface area contributed by atoms with Gasteiger partial charge in [-0.1, -0.05) is 12.1 Å². The van der Waals surface area contributed by atoms with Crippen molar-refractivity contribution in [1.82, 2.24) is 5.32 Å². The van der Waals surface area contributed by atoms with Crippen LogP contribution in [0.3, 0.4) is 0 Å². The van der Waals surface area contributed by atoms with Gasteiger partial charge in [0.2, 0.25) is 15.9 Å². The average Bonchev–Trinajstić information content (AvgIpc) is 2.79. The van der Waals surface area contributed by atoms with E-state index in [4.69, 9.17) is 25.1 Å². The van der Waals surface area contributed by atoms with E-state index in [-0.39, 0.29) is 29.6 Å². The summed E-state index contributed by atoms with van der Waals surface area (Å²) < 4.78 is 38.7. The van der Waals surface area contributed by atoms with E-state index in [1.807, 2.05) is 0 Å². The highest BCUT2D eigenvalue weighted by Gasteiger charge is 2.21. The first-order valence-corrected chi connectivity index (χ1v) is 11.8. The minimum atomic E-state index is -3.96. The number of nitrogens with two attached hydrogens (primary N) is 2. The zero-order chi connectivity index (χ0) is 26.2. The number of anilines is 1. The fraction of sp³-hybridized carbons (Fsp3) is 0.318. The van der Waals surface area contributed by atoms with Gasteiger partial charge in [0.15, 0.2) is 23.5 Å². The van der Waals surface area contributed by atoms with E-state index < -0.39 is 27.9 Å². The first-order chi connectivity index (χ1) is 16.5. The monoisotopic (exact) mass is 507 g/mol. The predicted octanol–water partition coefficient (Wildman–Crippen LogP) is 0.287. The molecule has 6 N–H and O–H groups in total. The van der Waals surface area contributed by atoms with Crippen LogP contribution in [0.1, 0.15) is 11.1 Å². The molecule has 190 valence electrons. The standard InChI is InChI=1S/C22H29N5O7S/c1-13-5-7-15(35(24,30)31)11-16(13)25-21(29)17(12-32-2)26-22(23)27-20(28)10-14-6-8-18(33-3)19(9-14)34-4/h5-9,11,17H,10,12H2,1-4H3,(H,25,29)(H2,24,30,31)(H3,23,26,27,28)/t17-/m1/s1. The van der Waals surface area contributed by atoms with Gasteiger partial charge in [0, 0.05) is 12.8 Å². The van der Waals surface area contributed by atoms with Crippen molar-refractivity contribution in [3.8, 4) is 11.5 Å². The summed E-state index contributed by atoms with van der Waals surface area (Å²) in [6, 6.07) is 7.98. The van der Waals surface area contributed by atoms with Crippen LogP contribution >= 0.6 is 0 Å². The molecule has 2 aromatic rings. The van der Waals surface area contributed by atoms with Crippen LogP contribution in [0.25, 0.3) is 0 Å². The first-order valence-electron chi connectivity index (χ1n) is 10.3. The second kappa shape index (κ2) is 12.1. The Balaban J connectivity index is 2.12. The van der Waals surface area contributed by atoms with Gasteiger partial charge >= 0.3 is 0 Å². The number of methoxy groups -OCH3 is 3. The van der Waals surface area contributed by atoms with E-state index >= 15 is 0 Å². The molecule has 0 spiro atoms. The van der Waals surface area contributed by atoms with Crippen molar-refractivity contribution in [1.29, 1.82) is 0 Å². The Morgan fingerprint density at radius 3 is 2.34 bits per heavy atom. The van der Waals surface area contributed by atoms with Gasteiger partial charge in [0.25, 0.3) is 5.91 Å². The SMILES string of the molecule is COC[C@@H](N=C(N)NC(=O)Cc1ccc(OC)c(OC)c1)C(=O)Nc1cc(S(N)(=O)=O)ccc1C. The number of guanidine groups is 1. The van der Waals surface area contributed by atoms with E-state index in [0.717, 1.165) is 0 Å². The highest BCUT2D eigenvalue weighted by atomic mass is 32.2. The number of primary sulfonamides is 1. The molecule has 35 heavy (non-hydrogen) atoms. The van der Waals surface area contributed by atoms with Crippen LogP contribution in [0.5, 0.6) is 11.5 Å². The third kappa shape index (κ3) is 7.95. The number of rotatable bonds is 10. The zero-order valence-corrected chi connectivity index (χ0v) is 20.6. The number of benzene rings is 2. The van der Waals surface area contributed by atoms with Crippen LogP contribution < -0.4 is 31.0 Å². The number of amides is 2. The summed E-state index contributed by atoms with van der Waals surface area (Å²) >= 11 is 0. The molecule has 0 heterocycles. The van der Waals surface area contributed by atoms with Crippen molar-refractivity contribution in [2.75, 3.05) is 33.3 Å². The number of sulfonamides is 1. The first kappa shape index (κ1) is 27.6. The number of aryl methyl sites for hydroxylation is 1. The molecule has 0 unspecified atom stereocenters. The van der Waals surface area contributed by atoms with E-state index in [1.165, 1.54) is 39.5 Å². The molecule has 0 bridgehead atoms. The maximum Gasteiger partial charge on any atom is 0.251 e. The van der Waals surface area contributed by atoms with Crippen molar-refractivity contribution in [2.24, 2.45) is 15.9 Å². The third-order valence-electron chi connectivity index (χ3n) is 4.80. The topological polar surface area (TPSA) is 184 Å². The number of hydrogen-bond donors (Lipinski definition) is 4. The van der Waals surface area contributed by atoms with Crippen LogP contribution in [0, 0.1) is 6.92 Å². The van der Waals surface area contributed by atoms with Gasteiger partial charge in [-0.25, -0.2) is 18.5 Å². The summed E-state index contributed by atoms with van der Waals surface area (Å²) in [7, 11) is 0.401. The predicted molar refractivity (Wildman–Crippen MR) is 130 cm³/mol. The molecule has 13 heteroatoms. The lowest BCUT2D eigenvalue weighted by Gasteiger charge is -2.15. The normalized spacial score (nSPS) is 12.5. The molecule has 1 atom stereocenters. The van der Waals surface area contributed by atoms with E-state index in [2.05, 4.69) is 15.6 Å². The van der Waals surface area contributed by atoms with Crippen molar-refractivity contribution in [3.05, 3.63) is 47.5 Å². The van der Waals surface area contributed by atoms with Crippen LogP contribution in [0.15, 0.2) is 46.3 Å². The molecule has 0 aliphatic heterocycles. The molecular formula is C22H29N5O7S. The van der Waals surface area contributed by atoms with E-state index in [9.17, 15) is 18.0 Å². The highest BCUT2D eigenvalue weighted by molar-refractivity contribution is 7.89. The quantitative estimate of drug-likeness (QED) is 0.261. The Morgan fingerprint density at radius 1 is 1.06 bits per heavy atom. The Bertz CT molecular complexity index is 1210. The Kier molecular flexibility index (Phi) is 9.57. The fourth-order valence-electron chi connectivity index (χ4n) is 3.02. The van der Waals surface area contributed by atoms with Gasteiger partial charge in [0.05, 0.1) is 32.1 Å². The minimum Gasteiger partial charge on any atom is -0.493 e. The number of nitrogens with zero attached hydrogens (tertiary/aromatic N) is 1. The number of ether oxygens (including phenoxy) is 3. The summed E-state index contributed by atoms with van der Waals surface area (Å²) in [6.07, 6.45) is -0.0305. The van der Waals surface area contributed by atoms with Crippen molar-refractivity contribution in [2.45, 2.75) is 24.3 Å². The minimum absolute atomic E-state index is 0.0305. The summed E-state index contributed by atoms with van der Waals surface area (Å²) in [5.74, 6) is -0.387. The van der Waals surface area contributed by atoms with Gasteiger partial charge in [-0.05, 0) is 42.3 Å². The number of nitrogens with one attached hydrogen (secondary N) is 2. The van der Waals surface area contributed by atoms with Crippen molar-refractivity contribution in [3.63, 3.8) is 0 Å². The summed E-state index contributed by atoms with van der Waals surface area (Å²) in [6.45, 7) is 1.53. The van der Waals surface area contributed by atoms with Gasteiger partial charge in [-0.2, -0.15) is 0 Å². The van der Waals surface area contributed by atoms with Crippen LogP contribution in [-0.4, -0.2) is 60.2 Å². The van der Waals surface area contributed by atoms with Gasteiger partial charge in [0.1, 0.15) is 0 Å². The molecule has 2 rings (SSSR count). The molecule has 0 aromatic heterocycles. The lowest BCUT2D eigenvalue weighted by molar-refractivity contribution is -0.120. The lowest BCUT2D eigenvalue weighted by atomic mass is 10.1. The van der Waals surface area contributed by atoms with E-state index in [1.54, 1.807) is 25.1 Å².